The van der Waals surface area contributed by atoms with E-state index in [0.29, 0.717) is 6.54 Å². The van der Waals surface area contributed by atoms with Crippen molar-refractivity contribution in [1.29, 1.82) is 0 Å². The lowest BCUT2D eigenvalue weighted by Crippen LogP contribution is -2.38. The Morgan fingerprint density at radius 3 is 2.43 bits per heavy atom. The Hall–Kier alpha value is -0.580. The highest BCUT2D eigenvalue weighted by Crippen LogP contribution is 2.61. The third-order valence-electron chi connectivity index (χ3n) is 3.36. The van der Waals surface area contributed by atoms with E-state index in [1.54, 1.807) is 11.9 Å². The molecular weight excluding hydrogens is 195 g/mol. The predicted molar refractivity (Wildman–Crippen MR) is 43.6 cm³/mol. The normalized spacial score (nSPS) is 42.4. The van der Waals surface area contributed by atoms with Gasteiger partial charge in [-0.05, 0) is 25.8 Å². The molecule has 0 amide bonds. The summed E-state index contributed by atoms with van der Waals surface area (Å²) in [7, 11) is 1.71. The molecule has 2 fully saturated rings. The average Bonchev–Trinajstić information content (AvgIpc) is 2.53. The van der Waals surface area contributed by atoms with Crippen LogP contribution in [-0.2, 0) is 4.79 Å². The number of alkyl halides is 3. The SMILES string of the molecule is CC(=O)[C@@H]1[C@@H]2[C@H](CN1C)[C@@H]2C(F)(F)F. The summed E-state index contributed by atoms with van der Waals surface area (Å²) in [5, 5.41) is 0. The molecule has 1 saturated carbocycles. The molecule has 14 heavy (non-hydrogen) atoms. The van der Waals surface area contributed by atoms with Crippen molar-refractivity contribution in [1.82, 2.24) is 4.90 Å². The highest BCUT2D eigenvalue weighted by atomic mass is 19.4. The molecule has 2 rings (SSSR count). The molecule has 0 aromatic rings. The number of carbonyl (C=O) groups excluding carboxylic acids is 1. The maximum absolute atomic E-state index is 12.4. The molecular formula is C9H12F3NO. The van der Waals surface area contributed by atoms with Crippen LogP contribution in [0.2, 0.25) is 0 Å². The number of likely N-dealkylation sites (N-methyl/N-ethyl adjacent to an activating group) is 1. The molecule has 5 heteroatoms. The quantitative estimate of drug-likeness (QED) is 0.646. The molecule has 0 unspecified atom stereocenters. The molecule has 0 N–H and O–H groups in total. The zero-order valence-electron chi connectivity index (χ0n) is 8.01. The Kier molecular flexibility index (Phi) is 1.93. The number of hydrogen-bond donors (Lipinski definition) is 0. The number of carbonyl (C=O) groups is 1. The van der Waals surface area contributed by atoms with Gasteiger partial charge in [0.15, 0.2) is 0 Å². The summed E-state index contributed by atoms with van der Waals surface area (Å²) in [4.78, 5) is 12.9. The summed E-state index contributed by atoms with van der Waals surface area (Å²) in [5.74, 6) is -2.19. The predicted octanol–water partition coefficient (Wildman–Crippen LogP) is 1.31. The molecule has 0 aromatic carbocycles. The van der Waals surface area contributed by atoms with Crippen LogP contribution in [0.1, 0.15) is 6.92 Å². The maximum atomic E-state index is 12.4. The summed E-state index contributed by atoms with van der Waals surface area (Å²) >= 11 is 0. The van der Waals surface area contributed by atoms with Crippen molar-refractivity contribution in [3.8, 4) is 0 Å². The smallest absolute Gasteiger partial charge is 0.298 e. The summed E-state index contributed by atoms with van der Waals surface area (Å²) in [5.41, 5.74) is 0. The van der Waals surface area contributed by atoms with Crippen LogP contribution in [0.15, 0.2) is 0 Å². The van der Waals surface area contributed by atoms with Crippen LogP contribution in [0.4, 0.5) is 13.2 Å². The summed E-state index contributed by atoms with van der Waals surface area (Å²) in [6.45, 7) is 1.77. The van der Waals surface area contributed by atoms with Crippen LogP contribution in [0, 0.1) is 17.8 Å². The lowest BCUT2D eigenvalue weighted by molar-refractivity contribution is -0.159. The number of fused-ring (bicyclic) bond motifs is 1. The Bertz CT molecular complexity index is 276. The number of rotatable bonds is 1. The number of Topliss-reactive ketones (excluding diaryl/α,β-unsaturated/α-hetero) is 1. The van der Waals surface area contributed by atoms with Gasteiger partial charge in [-0.2, -0.15) is 13.2 Å². The maximum Gasteiger partial charge on any atom is 0.392 e. The molecule has 80 valence electrons. The zero-order valence-corrected chi connectivity index (χ0v) is 8.01. The van der Waals surface area contributed by atoms with Crippen molar-refractivity contribution in [2.24, 2.45) is 17.8 Å². The third-order valence-corrected chi connectivity index (χ3v) is 3.36. The molecule has 0 aromatic heterocycles. The fourth-order valence-corrected chi connectivity index (χ4v) is 2.85. The first-order valence-corrected chi connectivity index (χ1v) is 4.61. The van der Waals surface area contributed by atoms with Crippen LogP contribution in [-0.4, -0.2) is 36.5 Å². The van der Waals surface area contributed by atoms with Gasteiger partial charge in [0.25, 0.3) is 0 Å². The minimum atomic E-state index is -4.12. The van der Waals surface area contributed by atoms with Crippen molar-refractivity contribution in [3.63, 3.8) is 0 Å². The van der Waals surface area contributed by atoms with E-state index in [1.807, 2.05) is 0 Å². The summed E-state index contributed by atoms with van der Waals surface area (Å²) < 4.78 is 37.2. The van der Waals surface area contributed by atoms with Gasteiger partial charge in [0, 0.05) is 6.54 Å². The van der Waals surface area contributed by atoms with Crippen molar-refractivity contribution in [3.05, 3.63) is 0 Å². The number of likely N-dealkylation sites (tertiary alicyclic amines) is 1. The summed E-state index contributed by atoms with van der Waals surface area (Å²) in [6, 6.07) is -0.508. The minimum absolute atomic E-state index is 0.147. The Balaban J connectivity index is 2.13. The Morgan fingerprint density at radius 1 is 1.43 bits per heavy atom. The van der Waals surface area contributed by atoms with Gasteiger partial charge in [0.1, 0.15) is 5.78 Å². The van der Waals surface area contributed by atoms with E-state index in [1.165, 1.54) is 6.92 Å². The van der Waals surface area contributed by atoms with Crippen LogP contribution < -0.4 is 0 Å². The number of halogens is 3. The van der Waals surface area contributed by atoms with Gasteiger partial charge in [0.2, 0.25) is 0 Å². The van der Waals surface area contributed by atoms with E-state index in [4.69, 9.17) is 0 Å². The molecule has 2 nitrogen and oxygen atoms in total. The van der Waals surface area contributed by atoms with E-state index in [9.17, 15) is 18.0 Å². The summed E-state index contributed by atoms with van der Waals surface area (Å²) in [6.07, 6.45) is -4.12. The number of ketones is 1. The third kappa shape index (κ3) is 1.26. The second-order valence-corrected chi connectivity index (χ2v) is 4.30. The van der Waals surface area contributed by atoms with Gasteiger partial charge in [-0.15, -0.1) is 0 Å². The average molecular weight is 207 g/mol. The molecule has 4 atom stereocenters. The largest absolute Gasteiger partial charge is 0.392 e. The van der Waals surface area contributed by atoms with Crippen LogP contribution in [0.5, 0.6) is 0 Å². The number of hydrogen-bond acceptors (Lipinski definition) is 2. The van der Waals surface area contributed by atoms with E-state index in [2.05, 4.69) is 0 Å². The molecule has 1 saturated heterocycles. The lowest BCUT2D eigenvalue weighted by atomic mass is 10.1. The molecule has 0 radical (unpaired) electrons. The number of piperidine rings is 1. The van der Waals surface area contributed by atoms with Crippen LogP contribution in [0.3, 0.4) is 0 Å². The topological polar surface area (TPSA) is 20.3 Å². The van der Waals surface area contributed by atoms with E-state index in [0.717, 1.165) is 0 Å². The van der Waals surface area contributed by atoms with Crippen molar-refractivity contribution >= 4 is 5.78 Å². The Labute approximate surface area is 80.1 Å². The van der Waals surface area contributed by atoms with Gasteiger partial charge in [0.05, 0.1) is 12.0 Å². The first-order chi connectivity index (χ1) is 6.34. The molecule has 1 aliphatic carbocycles. The van der Waals surface area contributed by atoms with Gasteiger partial charge in [-0.3, -0.25) is 9.69 Å². The fourth-order valence-electron chi connectivity index (χ4n) is 2.85. The molecule has 1 heterocycles. The highest BCUT2D eigenvalue weighted by Gasteiger charge is 2.71. The van der Waals surface area contributed by atoms with E-state index < -0.39 is 24.1 Å². The zero-order chi connectivity index (χ0) is 10.7. The van der Waals surface area contributed by atoms with Crippen molar-refractivity contribution in [2.45, 2.75) is 19.1 Å². The second-order valence-electron chi connectivity index (χ2n) is 4.30. The molecule has 2 aliphatic rings. The van der Waals surface area contributed by atoms with Crippen LogP contribution >= 0.6 is 0 Å². The molecule has 0 spiro atoms. The minimum Gasteiger partial charge on any atom is -0.298 e. The number of nitrogens with zero attached hydrogens (tertiary/aromatic N) is 1. The highest BCUT2D eigenvalue weighted by molar-refractivity contribution is 5.83. The first kappa shape index (κ1) is 9.96. The monoisotopic (exact) mass is 207 g/mol. The lowest BCUT2D eigenvalue weighted by Gasteiger charge is -2.23. The standard InChI is InChI=1S/C9H12F3NO/c1-4(14)8-6-5(3-13(8)2)7(6)9(10,11)12/h5-8H,3H2,1-2H3/t5-,6+,7-,8+/m0/s1. The fraction of sp³-hybridized carbons (Fsp3) is 0.889. The Morgan fingerprint density at radius 2 is 2.00 bits per heavy atom. The molecule has 0 bridgehead atoms. The van der Waals surface area contributed by atoms with Crippen molar-refractivity contribution in [2.75, 3.05) is 13.6 Å². The van der Waals surface area contributed by atoms with Gasteiger partial charge >= 0.3 is 6.18 Å². The second kappa shape index (κ2) is 2.72. The van der Waals surface area contributed by atoms with Gasteiger partial charge in [-0.1, -0.05) is 0 Å². The van der Waals surface area contributed by atoms with E-state index >= 15 is 0 Å². The van der Waals surface area contributed by atoms with Gasteiger partial charge in [-0.25, -0.2) is 0 Å². The first-order valence-electron chi connectivity index (χ1n) is 4.61. The van der Waals surface area contributed by atoms with Crippen molar-refractivity contribution < 1.29 is 18.0 Å². The molecule has 1 aliphatic heterocycles. The van der Waals surface area contributed by atoms with E-state index in [-0.39, 0.29) is 11.7 Å². The van der Waals surface area contributed by atoms with Gasteiger partial charge < -0.3 is 0 Å². The van der Waals surface area contributed by atoms with Crippen LogP contribution in [0.25, 0.3) is 0 Å².